The molecular formula is C34H28N4O4. The highest BCUT2D eigenvalue weighted by molar-refractivity contribution is 6.22. The Morgan fingerprint density at radius 2 is 1.69 bits per heavy atom. The molecule has 1 fully saturated rings. The Balaban J connectivity index is 1.21. The highest BCUT2D eigenvalue weighted by atomic mass is 16.5. The molecule has 4 amide bonds. The molecule has 1 saturated heterocycles. The Hall–Kier alpha value is -5.37. The molecule has 0 radical (unpaired) electrons. The lowest BCUT2D eigenvalue weighted by Crippen LogP contribution is -2.44. The number of amides is 4. The van der Waals surface area contributed by atoms with Gasteiger partial charge in [-0.05, 0) is 59.2 Å². The average Bonchev–Trinajstić information content (AvgIpc) is 3.53. The fourth-order valence-corrected chi connectivity index (χ4v) is 6.11. The van der Waals surface area contributed by atoms with Crippen molar-refractivity contribution in [3.63, 3.8) is 0 Å². The van der Waals surface area contributed by atoms with Crippen molar-refractivity contribution in [3.05, 3.63) is 131 Å². The summed E-state index contributed by atoms with van der Waals surface area (Å²) in [6, 6.07) is 30.3. The van der Waals surface area contributed by atoms with Gasteiger partial charge in [0.2, 0.25) is 0 Å². The molecule has 208 valence electrons. The number of para-hydroxylation sites is 1. The monoisotopic (exact) mass is 556 g/mol. The molecule has 1 unspecified atom stereocenters. The second-order valence-corrected chi connectivity index (χ2v) is 10.5. The molecule has 5 aromatic rings. The average molecular weight is 557 g/mol. The van der Waals surface area contributed by atoms with Crippen molar-refractivity contribution in [3.8, 4) is 5.75 Å². The number of carbonyl (C=O) groups excluding carboxylic acids is 3. The molecule has 0 aliphatic carbocycles. The minimum Gasteiger partial charge on any atom is -0.497 e. The zero-order chi connectivity index (χ0) is 28.8. The molecule has 2 N–H and O–H groups in total. The van der Waals surface area contributed by atoms with Crippen LogP contribution in [0.2, 0.25) is 0 Å². The Labute approximate surface area is 242 Å². The van der Waals surface area contributed by atoms with Gasteiger partial charge in [-0.3, -0.25) is 14.5 Å². The molecule has 42 heavy (non-hydrogen) atoms. The number of H-pyrrole nitrogens is 1. The number of fused-ring (bicyclic) bond motifs is 4. The van der Waals surface area contributed by atoms with E-state index >= 15 is 0 Å². The number of hydrogen-bond acceptors (Lipinski definition) is 4. The summed E-state index contributed by atoms with van der Waals surface area (Å²) in [5.74, 6) is 0.152. The number of urea groups is 1. The van der Waals surface area contributed by atoms with Crippen LogP contribution in [0.15, 0.2) is 103 Å². The summed E-state index contributed by atoms with van der Waals surface area (Å²) in [7, 11) is 1.61. The van der Waals surface area contributed by atoms with Gasteiger partial charge < -0.3 is 15.0 Å². The fraction of sp³-hybridized carbons (Fsp3) is 0.147. The first kappa shape index (κ1) is 25.6. The first-order chi connectivity index (χ1) is 20.5. The SMILES string of the molecule is COc1cccc(C2c3[nH]c4ccccc4c3C[C@H]3C(=O)N(c4ccc(C(=O)NCc5ccccc5)cc4)C(=O)N23)c1. The molecule has 7 rings (SSSR count). The predicted molar refractivity (Wildman–Crippen MR) is 159 cm³/mol. The summed E-state index contributed by atoms with van der Waals surface area (Å²) in [4.78, 5) is 47.3. The van der Waals surface area contributed by atoms with Gasteiger partial charge in [-0.15, -0.1) is 0 Å². The summed E-state index contributed by atoms with van der Waals surface area (Å²) < 4.78 is 5.49. The van der Waals surface area contributed by atoms with E-state index < -0.39 is 18.1 Å². The maximum atomic E-state index is 14.1. The molecular weight excluding hydrogens is 528 g/mol. The molecule has 3 heterocycles. The van der Waals surface area contributed by atoms with E-state index in [1.807, 2.05) is 78.9 Å². The summed E-state index contributed by atoms with van der Waals surface area (Å²) in [6.45, 7) is 0.404. The molecule has 2 aliphatic heterocycles. The number of hydrogen-bond donors (Lipinski definition) is 2. The Kier molecular flexibility index (Phi) is 6.23. The minimum atomic E-state index is -0.672. The van der Waals surface area contributed by atoms with E-state index in [-0.39, 0.29) is 11.8 Å². The number of aromatic amines is 1. The van der Waals surface area contributed by atoms with E-state index in [1.165, 1.54) is 4.90 Å². The number of nitrogens with one attached hydrogen (secondary N) is 2. The summed E-state index contributed by atoms with van der Waals surface area (Å²) in [6.07, 6.45) is 0.404. The van der Waals surface area contributed by atoms with E-state index in [2.05, 4.69) is 10.3 Å². The van der Waals surface area contributed by atoms with Crippen LogP contribution in [0.25, 0.3) is 10.9 Å². The number of nitrogens with zero attached hydrogens (tertiary/aromatic N) is 2. The maximum Gasteiger partial charge on any atom is 0.332 e. The highest BCUT2D eigenvalue weighted by Crippen LogP contribution is 2.45. The standard InChI is InChI=1S/C34H28N4O4/c1-42-25-11-7-10-23(18-25)31-30-27(26-12-5-6-13-28(26)36-30)19-29-33(40)37(34(41)38(29)31)24-16-14-22(15-17-24)32(39)35-20-21-8-3-2-4-9-21/h2-18,29,31,36H,19-20H2,1H3,(H,35,39)/t29-,31?/m0/s1. The Morgan fingerprint density at radius 1 is 0.929 bits per heavy atom. The van der Waals surface area contributed by atoms with Crippen LogP contribution in [-0.2, 0) is 17.8 Å². The van der Waals surface area contributed by atoms with Crippen LogP contribution < -0.4 is 15.0 Å². The van der Waals surface area contributed by atoms with Gasteiger partial charge in [-0.25, -0.2) is 9.69 Å². The van der Waals surface area contributed by atoms with E-state index in [0.717, 1.165) is 33.3 Å². The largest absolute Gasteiger partial charge is 0.497 e. The molecule has 2 atom stereocenters. The van der Waals surface area contributed by atoms with E-state index in [9.17, 15) is 14.4 Å². The smallest absolute Gasteiger partial charge is 0.332 e. The van der Waals surface area contributed by atoms with Crippen LogP contribution >= 0.6 is 0 Å². The first-order valence-corrected chi connectivity index (χ1v) is 13.9. The quantitative estimate of drug-likeness (QED) is 0.267. The number of methoxy groups -OCH3 is 1. The van der Waals surface area contributed by atoms with Gasteiger partial charge in [0, 0.05) is 35.1 Å². The molecule has 0 saturated carbocycles. The number of ether oxygens (including phenoxy) is 1. The van der Waals surface area contributed by atoms with Crippen molar-refractivity contribution in [1.82, 2.24) is 15.2 Å². The highest BCUT2D eigenvalue weighted by Gasteiger charge is 2.53. The minimum absolute atomic E-state index is 0.231. The molecule has 4 aromatic carbocycles. The third-order valence-corrected chi connectivity index (χ3v) is 8.14. The van der Waals surface area contributed by atoms with Crippen LogP contribution in [0.4, 0.5) is 10.5 Å². The topological polar surface area (TPSA) is 94.7 Å². The van der Waals surface area contributed by atoms with Crippen molar-refractivity contribution in [1.29, 1.82) is 0 Å². The van der Waals surface area contributed by atoms with Gasteiger partial charge >= 0.3 is 6.03 Å². The Morgan fingerprint density at radius 3 is 2.48 bits per heavy atom. The summed E-state index contributed by atoms with van der Waals surface area (Å²) in [5.41, 5.74) is 5.62. The van der Waals surface area contributed by atoms with Gasteiger partial charge in [-0.2, -0.15) is 0 Å². The van der Waals surface area contributed by atoms with E-state index in [1.54, 1.807) is 36.3 Å². The van der Waals surface area contributed by atoms with E-state index in [0.29, 0.717) is 30.0 Å². The number of rotatable bonds is 6. The molecule has 8 nitrogen and oxygen atoms in total. The lowest BCUT2D eigenvalue weighted by Gasteiger charge is -2.36. The second kappa shape index (κ2) is 10.2. The Bertz CT molecular complexity index is 1830. The lowest BCUT2D eigenvalue weighted by atomic mass is 9.89. The number of anilines is 1. The molecule has 0 spiro atoms. The molecule has 1 aromatic heterocycles. The van der Waals surface area contributed by atoms with E-state index in [4.69, 9.17) is 4.74 Å². The third kappa shape index (κ3) is 4.19. The fourth-order valence-electron chi connectivity index (χ4n) is 6.11. The normalized spacial score (nSPS) is 17.7. The number of carbonyl (C=O) groups is 3. The van der Waals surface area contributed by atoms with Crippen molar-refractivity contribution in [2.24, 2.45) is 0 Å². The molecule has 0 bridgehead atoms. The maximum absolute atomic E-state index is 14.1. The molecule has 8 heteroatoms. The van der Waals surface area contributed by atoms with Crippen LogP contribution in [0, 0.1) is 0 Å². The van der Waals surface area contributed by atoms with Crippen LogP contribution in [0.3, 0.4) is 0 Å². The van der Waals surface area contributed by atoms with Crippen LogP contribution in [0.1, 0.15) is 38.8 Å². The van der Waals surface area contributed by atoms with Crippen LogP contribution in [-0.4, -0.2) is 40.9 Å². The van der Waals surface area contributed by atoms with Gasteiger partial charge in [0.1, 0.15) is 17.8 Å². The number of benzene rings is 4. The second-order valence-electron chi connectivity index (χ2n) is 10.5. The predicted octanol–water partition coefficient (Wildman–Crippen LogP) is 5.59. The molecule has 2 aliphatic rings. The van der Waals surface area contributed by atoms with Crippen molar-refractivity contribution in [2.75, 3.05) is 12.0 Å². The van der Waals surface area contributed by atoms with Gasteiger partial charge in [0.15, 0.2) is 0 Å². The zero-order valence-electron chi connectivity index (χ0n) is 22.9. The number of imide groups is 1. The van der Waals surface area contributed by atoms with Crippen molar-refractivity contribution < 1.29 is 19.1 Å². The first-order valence-electron chi connectivity index (χ1n) is 13.9. The zero-order valence-corrected chi connectivity index (χ0v) is 22.9. The summed E-state index contributed by atoms with van der Waals surface area (Å²) >= 11 is 0. The van der Waals surface area contributed by atoms with Crippen molar-refractivity contribution >= 4 is 34.4 Å². The lowest BCUT2D eigenvalue weighted by molar-refractivity contribution is -0.120. The van der Waals surface area contributed by atoms with Crippen molar-refractivity contribution in [2.45, 2.75) is 25.0 Å². The van der Waals surface area contributed by atoms with Gasteiger partial charge in [0.05, 0.1) is 12.8 Å². The van der Waals surface area contributed by atoms with Crippen LogP contribution in [0.5, 0.6) is 5.75 Å². The van der Waals surface area contributed by atoms with Gasteiger partial charge in [0.25, 0.3) is 11.8 Å². The number of aromatic nitrogens is 1. The van der Waals surface area contributed by atoms with Gasteiger partial charge in [-0.1, -0.05) is 60.7 Å². The third-order valence-electron chi connectivity index (χ3n) is 8.14. The summed E-state index contributed by atoms with van der Waals surface area (Å²) in [5, 5.41) is 3.96.